The van der Waals surface area contributed by atoms with E-state index in [1.807, 2.05) is 23.3 Å². The highest BCUT2D eigenvalue weighted by Crippen LogP contribution is 2.21. The molecule has 0 aliphatic heterocycles. The van der Waals surface area contributed by atoms with Gasteiger partial charge in [0.05, 0.1) is 0 Å². The third-order valence-corrected chi connectivity index (χ3v) is 3.00. The van der Waals surface area contributed by atoms with E-state index in [2.05, 4.69) is 23.4 Å². The van der Waals surface area contributed by atoms with Crippen LogP contribution >= 0.6 is 23.4 Å². The van der Waals surface area contributed by atoms with Crippen molar-refractivity contribution in [1.82, 2.24) is 14.8 Å². The lowest BCUT2D eigenvalue weighted by Crippen LogP contribution is -2.12. The minimum absolute atomic E-state index is 0.414. The Morgan fingerprint density at radius 3 is 2.62 bits per heavy atom. The fourth-order valence-electron chi connectivity index (χ4n) is 1.33. The second-order valence-electron chi connectivity index (χ2n) is 2.90. The lowest BCUT2D eigenvalue weighted by Gasteiger charge is -2.16. The van der Waals surface area contributed by atoms with Crippen LogP contribution in [0.15, 0.2) is 0 Å². The van der Waals surface area contributed by atoms with Gasteiger partial charge in [0.1, 0.15) is 5.82 Å². The van der Waals surface area contributed by atoms with Gasteiger partial charge in [0.15, 0.2) is 0 Å². The van der Waals surface area contributed by atoms with Crippen LogP contribution in [-0.2, 0) is 0 Å². The minimum atomic E-state index is 0.414. The molecule has 0 saturated carbocycles. The van der Waals surface area contributed by atoms with E-state index < -0.39 is 0 Å². The van der Waals surface area contributed by atoms with Gasteiger partial charge in [-0.2, -0.15) is 11.8 Å². The van der Waals surface area contributed by atoms with E-state index in [0.29, 0.717) is 11.3 Å². The van der Waals surface area contributed by atoms with Crippen molar-refractivity contribution < 1.29 is 0 Å². The summed E-state index contributed by atoms with van der Waals surface area (Å²) in [7, 11) is 0. The Bertz CT molecular complexity index is 255. The number of aromatic nitrogens is 3. The molecule has 0 spiro atoms. The zero-order chi connectivity index (χ0) is 9.84. The summed E-state index contributed by atoms with van der Waals surface area (Å²) in [4.78, 5) is 0. The summed E-state index contributed by atoms with van der Waals surface area (Å²) in [6.45, 7) is 4.08. The molecule has 3 nitrogen and oxygen atoms in total. The van der Waals surface area contributed by atoms with Crippen LogP contribution in [0.25, 0.3) is 0 Å². The van der Waals surface area contributed by atoms with Crippen molar-refractivity contribution in [1.29, 1.82) is 0 Å². The SMILES string of the molecule is CCC(CSC)n1c(C)nnc1Cl. The van der Waals surface area contributed by atoms with Gasteiger partial charge in [-0.15, -0.1) is 10.2 Å². The second-order valence-corrected chi connectivity index (χ2v) is 4.15. The lowest BCUT2D eigenvalue weighted by atomic mass is 10.2. The molecule has 0 aromatic carbocycles. The van der Waals surface area contributed by atoms with E-state index >= 15 is 0 Å². The van der Waals surface area contributed by atoms with Crippen LogP contribution in [0.3, 0.4) is 0 Å². The number of hydrogen-bond donors (Lipinski definition) is 0. The van der Waals surface area contributed by atoms with Crippen LogP contribution in [-0.4, -0.2) is 26.8 Å². The molecule has 5 heteroatoms. The summed E-state index contributed by atoms with van der Waals surface area (Å²) in [6, 6.07) is 0.414. The molecule has 13 heavy (non-hydrogen) atoms. The van der Waals surface area contributed by atoms with Gasteiger partial charge < -0.3 is 0 Å². The van der Waals surface area contributed by atoms with Crippen molar-refractivity contribution in [2.24, 2.45) is 0 Å². The Hall–Kier alpha value is -0.220. The van der Waals surface area contributed by atoms with Crippen molar-refractivity contribution in [3.63, 3.8) is 0 Å². The number of rotatable bonds is 4. The van der Waals surface area contributed by atoms with E-state index in [0.717, 1.165) is 18.0 Å². The van der Waals surface area contributed by atoms with Crippen LogP contribution in [0.1, 0.15) is 25.2 Å². The quantitative estimate of drug-likeness (QED) is 0.780. The first kappa shape index (κ1) is 10.9. The molecule has 1 unspecified atom stereocenters. The predicted molar refractivity (Wildman–Crippen MR) is 57.5 cm³/mol. The number of hydrogen-bond acceptors (Lipinski definition) is 3. The average Bonchev–Trinajstić information content (AvgIpc) is 2.43. The molecule has 0 aliphatic carbocycles. The Morgan fingerprint density at radius 1 is 1.54 bits per heavy atom. The maximum absolute atomic E-state index is 5.93. The van der Waals surface area contributed by atoms with E-state index in [-0.39, 0.29) is 0 Å². The highest BCUT2D eigenvalue weighted by atomic mass is 35.5. The van der Waals surface area contributed by atoms with Crippen LogP contribution in [0.4, 0.5) is 0 Å². The first-order valence-corrected chi connectivity index (χ1v) is 6.03. The maximum Gasteiger partial charge on any atom is 0.225 e. The first-order valence-electron chi connectivity index (χ1n) is 4.26. The fourth-order valence-corrected chi connectivity index (χ4v) is 2.39. The van der Waals surface area contributed by atoms with E-state index in [4.69, 9.17) is 11.6 Å². The Balaban J connectivity index is 2.89. The molecule has 1 rings (SSSR count). The summed E-state index contributed by atoms with van der Waals surface area (Å²) in [5.74, 6) is 1.95. The van der Waals surface area contributed by atoms with Gasteiger partial charge in [0, 0.05) is 11.8 Å². The van der Waals surface area contributed by atoms with Crippen molar-refractivity contribution >= 4 is 23.4 Å². The Labute approximate surface area is 87.9 Å². The van der Waals surface area contributed by atoms with Crippen LogP contribution in [0.5, 0.6) is 0 Å². The van der Waals surface area contributed by atoms with Crippen LogP contribution in [0.2, 0.25) is 5.28 Å². The van der Waals surface area contributed by atoms with Crippen LogP contribution in [0, 0.1) is 6.92 Å². The summed E-state index contributed by atoms with van der Waals surface area (Å²) < 4.78 is 2.00. The third kappa shape index (κ3) is 2.38. The molecule has 1 heterocycles. The molecule has 1 aromatic heterocycles. The van der Waals surface area contributed by atoms with Gasteiger partial charge in [-0.25, -0.2) is 0 Å². The Morgan fingerprint density at radius 2 is 2.23 bits per heavy atom. The highest BCUT2D eigenvalue weighted by Gasteiger charge is 2.14. The fraction of sp³-hybridized carbons (Fsp3) is 0.750. The number of aryl methyl sites for hydroxylation is 1. The van der Waals surface area contributed by atoms with E-state index in [1.165, 1.54) is 0 Å². The molecule has 0 amide bonds. The third-order valence-electron chi connectivity index (χ3n) is 2.02. The summed E-state index contributed by atoms with van der Waals surface area (Å²) in [5, 5.41) is 8.27. The summed E-state index contributed by atoms with van der Waals surface area (Å²) >= 11 is 7.75. The molecule has 1 atom stereocenters. The van der Waals surface area contributed by atoms with E-state index in [1.54, 1.807) is 0 Å². The molecule has 0 saturated heterocycles. The molecule has 0 radical (unpaired) electrons. The zero-order valence-electron chi connectivity index (χ0n) is 8.12. The van der Waals surface area contributed by atoms with E-state index in [9.17, 15) is 0 Å². The smallest absolute Gasteiger partial charge is 0.225 e. The van der Waals surface area contributed by atoms with Gasteiger partial charge in [-0.05, 0) is 31.2 Å². The number of nitrogens with zero attached hydrogens (tertiary/aromatic N) is 3. The molecule has 1 aromatic rings. The monoisotopic (exact) mass is 219 g/mol. The molecule has 0 bridgehead atoms. The first-order chi connectivity index (χ1) is 6.20. The standard InChI is InChI=1S/C8H14ClN3S/c1-4-7(5-13-3)12-6(2)10-11-8(12)9/h7H,4-5H2,1-3H3. The minimum Gasteiger partial charge on any atom is -0.298 e. The van der Waals surface area contributed by atoms with Gasteiger partial charge in [-0.3, -0.25) is 4.57 Å². The van der Waals surface area contributed by atoms with Crippen molar-refractivity contribution in [2.75, 3.05) is 12.0 Å². The van der Waals surface area contributed by atoms with Crippen molar-refractivity contribution in [3.8, 4) is 0 Å². The Kier molecular flexibility index (Phi) is 4.06. The van der Waals surface area contributed by atoms with Crippen LogP contribution < -0.4 is 0 Å². The summed E-state index contributed by atoms with van der Waals surface area (Å²) in [5.41, 5.74) is 0. The molecular weight excluding hydrogens is 206 g/mol. The normalized spacial score (nSPS) is 13.2. The largest absolute Gasteiger partial charge is 0.298 e. The number of halogens is 1. The van der Waals surface area contributed by atoms with Gasteiger partial charge in [-0.1, -0.05) is 6.92 Å². The topological polar surface area (TPSA) is 30.7 Å². The molecule has 0 fully saturated rings. The molecule has 0 N–H and O–H groups in total. The number of thioether (sulfide) groups is 1. The van der Waals surface area contributed by atoms with Crippen molar-refractivity contribution in [2.45, 2.75) is 26.3 Å². The molecule has 0 aliphatic rings. The highest BCUT2D eigenvalue weighted by molar-refractivity contribution is 7.98. The lowest BCUT2D eigenvalue weighted by molar-refractivity contribution is 0.526. The van der Waals surface area contributed by atoms with Gasteiger partial charge in [0.25, 0.3) is 0 Å². The average molecular weight is 220 g/mol. The molecule has 74 valence electrons. The van der Waals surface area contributed by atoms with Crippen molar-refractivity contribution in [3.05, 3.63) is 11.1 Å². The zero-order valence-corrected chi connectivity index (χ0v) is 9.69. The summed E-state index contributed by atoms with van der Waals surface area (Å²) in [6.07, 6.45) is 3.15. The predicted octanol–water partition coefficient (Wildman–Crippen LogP) is 2.55. The maximum atomic E-state index is 5.93. The van der Waals surface area contributed by atoms with Gasteiger partial charge >= 0.3 is 0 Å². The molecular formula is C8H14ClN3S. The second kappa shape index (κ2) is 4.86. The van der Waals surface area contributed by atoms with Gasteiger partial charge in [0.2, 0.25) is 5.28 Å².